The van der Waals surface area contributed by atoms with Crippen LogP contribution in [-0.4, -0.2) is 29.6 Å². The number of hydrogen-bond acceptors (Lipinski definition) is 2. The first-order valence-corrected chi connectivity index (χ1v) is 7.59. The summed E-state index contributed by atoms with van der Waals surface area (Å²) in [5.74, 6) is -0.130. The molecule has 0 aromatic heterocycles. The quantitative estimate of drug-likeness (QED) is 0.907. The molecule has 1 unspecified atom stereocenters. The number of likely N-dealkylation sites (tertiary alicyclic amines) is 1. The molecular weight excluding hydrogens is 251 g/mol. The van der Waals surface area contributed by atoms with Gasteiger partial charge in [0.1, 0.15) is 5.82 Å². The third kappa shape index (κ3) is 4.29. The number of nitrogens with zero attached hydrogens (tertiary/aromatic N) is 1. The smallest absolute Gasteiger partial charge is 0.123 e. The van der Waals surface area contributed by atoms with Crippen LogP contribution in [0, 0.1) is 12.7 Å². The molecule has 0 bridgehead atoms. The van der Waals surface area contributed by atoms with E-state index in [-0.39, 0.29) is 11.4 Å². The van der Waals surface area contributed by atoms with Crippen molar-refractivity contribution in [1.29, 1.82) is 0 Å². The predicted molar refractivity (Wildman–Crippen MR) is 82.3 cm³/mol. The largest absolute Gasteiger partial charge is 0.311 e. The molecule has 20 heavy (non-hydrogen) atoms. The van der Waals surface area contributed by atoms with Crippen molar-refractivity contribution in [3.05, 3.63) is 35.1 Å². The lowest BCUT2D eigenvalue weighted by atomic mass is 10.1. The van der Waals surface area contributed by atoms with Crippen LogP contribution in [0.4, 0.5) is 4.39 Å². The standard InChI is InChI=1S/C17H27FN2/c1-13-7-8-15(18)10-14(13)12-20-9-5-6-16(20)11-19-17(2,3)4/h7-8,10,16,19H,5-6,9,11-12H2,1-4H3. The van der Waals surface area contributed by atoms with E-state index in [1.165, 1.54) is 18.4 Å². The maximum absolute atomic E-state index is 13.4. The molecule has 112 valence electrons. The first-order valence-electron chi connectivity index (χ1n) is 7.59. The van der Waals surface area contributed by atoms with Crippen LogP contribution in [0.25, 0.3) is 0 Å². The molecule has 3 heteroatoms. The molecule has 1 aromatic rings. The highest BCUT2D eigenvalue weighted by Gasteiger charge is 2.26. The zero-order chi connectivity index (χ0) is 14.8. The van der Waals surface area contributed by atoms with Crippen molar-refractivity contribution in [2.24, 2.45) is 0 Å². The van der Waals surface area contributed by atoms with Gasteiger partial charge in [0.25, 0.3) is 0 Å². The number of rotatable bonds is 4. The summed E-state index contributed by atoms with van der Waals surface area (Å²) in [7, 11) is 0. The van der Waals surface area contributed by atoms with Crippen LogP contribution in [0.15, 0.2) is 18.2 Å². The van der Waals surface area contributed by atoms with E-state index in [0.29, 0.717) is 6.04 Å². The van der Waals surface area contributed by atoms with Gasteiger partial charge in [-0.15, -0.1) is 0 Å². The second-order valence-corrected chi connectivity index (χ2v) is 6.97. The Morgan fingerprint density at radius 1 is 1.35 bits per heavy atom. The van der Waals surface area contributed by atoms with Gasteiger partial charge in [-0.25, -0.2) is 4.39 Å². The third-order valence-electron chi connectivity index (χ3n) is 4.05. The highest BCUT2D eigenvalue weighted by Crippen LogP contribution is 2.22. The van der Waals surface area contributed by atoms with Crippen LogP contribution in [0.2, 0.25) is 0 Å². The lowest BCUT2D eigenvalue weighted by Gasteiger charge is -2.29. The van der Waals surface area contributed by atoms with Crippen molar-refractivity contribution in [3.63, 3.8) is 0 Å². The predicted octanol–water partition coefficient (Wildman–Crippen LogP) is 3.49. The Morgan fingerprint density at radius 3 is 2.80 bits per heavy atom. The summed E-state index contributed by atoms with van der Waals surface area (Å²) in [5.41, 5.74) is 2.46. The molecule has 2 rings (SSSR count). The van der Waals surface area contributed by atoms with Gasteiger partial charge in [-0.1, -0.05) is 6.07 Å². The Morgan fingerprint density at radius 2 is 2.10 bits per heavy atom. The molecular formula is C17H27FN2. The fraction of sp³-hybridized carbons (Fsp3) is 0.647. The summed E-state index contributed by atoms with van der Waals surface area (Å²) >= 11 is 0. The van der Waals surface area contributed by atoms with E-state index in [1.54, 1.807) is 12.1 Å². The Kier molecular flexibility index (Phi) is 4.82. The van der Waals surface area contributed by atoms with Crippen LogP contribution >= 0.6 is 0 Å². The Bertz CT molecular complexity index is 451. The van der Waals surface area contributed by atoms with Crippen LogP contribution < -0.4 is 5.32 Å². The maximum Gasteiger partial charge on any atom is 0.123 e. The fourth-order valence-electron chi connectivity index (χ4n) is 2.79. The third-order valence-corrected chi connectivity index (χ3v) is 4.05. The van der Waals surface area contributed by atoms with Crippen LogP contribution in [0.5, 0.6) is 0 Å². The summed E-state index contributed by atoms with van der Waals surface area (Å²) in [6.07, 6.45) is 2.47. The number of benzene rings is 1. The molecule has 1 N–H and O–H groups in total. The minimum Gasteiger partial charge on any atom is -0.311 e. The van der Waals surface area contributed by atoms with Gasteiger partial charge in [-0.2, -0.15) is 0 Å². The second kappa shape index (κ2) is 6.23. The van der Waals surface area contributed by atoms with Gasteiger partial charge < -0.3 is 5.32 Å². The van der Waals surface area contributed by atoms with Gasteiger partial charge in [0.05, 0.1) is 0 Å². The summed E-state index contributed by atoms with van der Waals surface area (Å²) in [4.78, 5) is 2.49. The van der Waals surface area contributed by atoms with E-state index in [2.05, 4.69) is 37.9 Å². The highest BCUT2D eigenvalue weighted by molar-refractivity contribution is 5.26. The summed E-state index contributed by atoms with van der Waals surface area (Å²) in [5, 5.41) is 3.59. The van der Waals surface area contributed by atoms with Gasteiger partial charge in [0, 0.05) is 24.7 Å². The van der Waals surface area contributed by atoms with E-state index < -0.39 is 0 Å². The number of nitrogens with one attached hydrogen (secondary N) is 1. The molecule has 1 saturated heterocycles. The molecule has 1 aromatic carbocycles. The van der Waals surface area contributed by atoms with Crippen molar-refractivity contribution in [3.8, 4) is 0 Å². The molecule has 1 aliphatic rings. The van der Waals surface area contributed by atoms with Crippen molar-refractivity contribution >= 4 is 0 Å². The molecule has 1 atom stereocenters. The Hall–Kier alpha value is -0.930. The number of hydrogen-bond donors (Lipinski definition) is 1. The van der Waals surface area contributed by atoms with Gasteiger partial charge in [-0.05, 0) is 70.3 Å². The van der Waals surface area contributed by atoms with Crippen molar-refractivity contribution < 1.29 is 4.39 Å². The number of aryl methyl sites for hydroxylation is 1. The summed E-state index contributed by atoms with van der Waals surface area (Å²) in [6, 6.07) is 5.67. The lowest BCUT2D eigenvalue weighted by molar-refractivity contribution is 0.225. The fourth-order valence-corrected chi connectivity index (χ4v) is 2.79. The first kappa shape index (κ1) is 15.5. The molecule has 0 radical (unpaired) electrons. The average Bonchev–Trinajstić information content (AvgIpc) is 2.78. The molecule has 2 nitrogen and oxygen atoms in total. The zero-order valence-electron chi connectivity index (χ0n) is 13.2. The summed E-state index contributed by atoms with van der Waals surface area (Å²) in [6.45, 7) is 11.6. The summed E-state index contributed by atoms with van der Waals surface area (Å²) < 4.78 is 13.4. The minimum absolute atomic E-state index is 0.130. The van der Waals surface area contributed by atoms with E-state index in [9.17, 15) is 4.39 Å². The zero-order valence-corrected chi connectivity index (χ0v) is 13.2. The van der Waals surface area contributed by atoms with Crippen LogP contribution in [0.3, 0.4) is 0 Å². The van der Waals surface area contributed by atoms with E-state index in [4.69, 9.17) is 0 Å². The highest BCUT2D eigenvalue weighted by atomic mass is 19.1. The SMILES string of the molecule is Cc1ccc(F)cc1CN1CCCC1CNC(C)(C)C. The molecule has 1 heterocycles. The van der Waals surface area contributed by atoms with E-state index in [0.717, 1.165) is 25.2 Å². The molecule has 0 amide bonds. The van der Waals surface area contributed by atoms with Crippen molar-refractivity contribution in [2.45, 2.75) is 58.7 Å². The van der Waals surface area contributed by atoms with Crippen molar-refractivity contribution in [1.82, 2.24) is 10.2 Å². The second-order valence-electron chi connectivity index (χ2n) is 6.97. The van der Waals surface area contributed by atoms with Gasteiger partial charge in [-0.3, -0.25) is 4.90 Å². The molecule has 1 aliphatic heterocycles. The van der Waals surface area contributed by atoms with E-state index in [1.807, 2.05) is 6.07 Å². The molecule has 1 fully saturated rings. The van der Waals surface area contributed by atoms with Crippen molar-refractivity contribution in [2.75, 3.05) is 13.1 Å². The lowest BCUT2D eigenvalue weighted by Crippen LogP contribution is -2.45. The molecule has 0 spiro atoms. The molecule has 0 aliphatic carbocycles. The Labute approximate surface area is 122 Å². The normalized spacial score (nSPS) is 20.6. The maximum atomic E-state index is 13.4. The van der Waals surface area contributed by atoms with E-state index >= 15 is 0 Å². The average molecular weight is 278 g/mol. The first-order chi connectivity index (χ1) is 9.35. The van der Waals surface area contributed by atoms with Gasteiger partial charge >= 0.3 is 0 Å². The monoisotopic (exact) mass is 278 g/mol. The topological polar surface area (TPSA) is 15.3 Å². The van der Waals surface area contributed by atoms with Gasteiger partial charge in [0.15, 0.2) is 0 Å². The Balaban J connectivity index is 1.99. The number of halogens is 1. The van der Waals surface area contributed by atoms with Crippen LogP contribution in [0.1, 0.15) is 44.7 Å². The molecule has 0 saturated carbocycles. The minimum atomic E-state index is -0.130. The van der Waals surface area contributed by atoms with Crippen LogP contribution in [-0.2, 0) is 6.54 Å². The van der Waals surface area contributed by atoms with Gasteiger partial charge in [0.2, 0.25) is 0 Å².